The molecule has 2 unspecified atom stereocenters. The summed E-state index contributed by atoms with van der Waals surface area (Å²) in [6, 6.07) is 0.768. The Labute approximate surface area is 94.0 Å². The monoisotopic (exact) mass is 210 g/mol. The van der Waals surface area contributed by atoms with Crippen molar-refractivity contribution >= 4 is 0 Å². The van der Waals surface area contributed by atoms with Crippen LogP contribution < -0.4 is 11.1 Å². The fraction of sp³-hybridized carbons (Fsp3) is 1.00. The zero-order valence-corrected chi connectivity index (χ0v) is 10.1. The van der Waals surface area contributed by atoms with Crippen molar-refractivity contribution < 1.29 is 0 Å². The summed E-state index contributed by atoms with van der Waals surface area (Å²) in [5.41, 5.74) is 6.30. The van der Waals surface area contributed by atoms with Crippen LogP contribution in [0.2, 0.25) is 0 Å². The van der Waals surface area contributed by atoms with Crippen LogP contribution in [0.4, 0.5) is 0 Å². The highest BCUT2D eigenvalue weighted by Gasteiger charge is 2.38. The Morgan fingerprint density at radius 2 is 2.00 bits per heavy atom. The van der Waals surface area contributed by atoms with Gasteiger partial charge in [0, 0.05) is 18.1 Å². The van der Waals surface area contributed by atoms with E-state index in [0.717, 1.165) is 18.5 Å². The molecular formula is C13H26N2. The van der Waals surface area contributed by atoms with E-state index in [0.29, 0.717) is 5.54 Å². The van der Waals surface area contributed by atoms with Gasteiger partial charge in [0.05, 0.1) is 0 Å². The molecule has 0 spiro atoms. The molecule has 0 aromatic carbocycles. The third kappa shape index (κ3) is 2.54. The number of hydrogen-bond donors (Lipinski definition) is 2. The van der Waals surface area contributed by atoms with E-state index in [1.807, 2.05) is 0 Å². The van der Waals surface area contributed by atoms with Crippen LogP contribution in [0.15, 0.2) is 0 Å². The minimum Gasteiger partial charge on any atom is -0.329 e. The molecule has 0 saturated heterocycles. The molecule has 0 bridgehead atoms. The maximum absolute atomic E-state index is 6.00. The normalized spacial score (nSPS) is 37.6. The minimum atomic E-state index is 0.301. The standard InChI is InChI=1S/C13H26N2/c1-2-11-7-8-13(9-11,10-14)15-12-5-3-4-6-12/h11-12,15H,2-10,14H2,1H3. The second-order valence-corrected chi connectivity index (χ2v) is 5.63. The van der Waals surface area contributed by atoms with Crippen LogP contribution >= 0.6 is 0 Å². The molecule has 2 aliphatic carbocycles. The highest BCUT2D eigenvalue weighted by molar-refractivity contribution is 4.99. The third-order valence-electron chi connectivity index (χ3n) is 4.54. The first-order valence-corrected chi connectivity index (χ1v) is 6.76. The van der Waals surface area contributed by atoms with Gasteiger partial charge in [-0.1, -0.05) is 26.2 Å². The van der Waals surface area contributed by atoms with Gasteiger partial charge in [0.15, 0.2) is 0 Å². The highest BCUT2D eigenvalue weighted by Crippen LogP contribution is 2.37. The molecule has 2 fully saturated rings. The van der Waals surface area contributed by atoms with E-state index < -0.39 is 0 Å². The first-order chi connectivity index (χ1) is 7.28. The lowest BCUT2D eigenvalue weighted by Gasteiger charge is -2.33. The zero-order valence-electron chi connectivity index (χ0n) is 10.1. The summed E-state index contributed by atoms with van der Waals surface area (Å²) in [5, 5.41) is 3.88. The molecule has 88 valence electrons. The summed E-state index contributed by atoms with van der Waals surface area (Å²) >= 11 is 0. The van der Waals surface area contributed by atoms with E-state index >= 15 is 0 Å². The van der Waals surface area contributed by atoms with Gasteiger partial charge in [-0.2, -0.15) is 0 Å². The van der Waals surface area contributed by atoms with Gasteiger partial charge in [-0.25, -0.2) is 0 Å². The van der Waals surface area contributed by atoms with E-state index in [4.69, 9.17) is 5.73 Å². The highest BCUT2D eigenvalue weighted by atomic mass is 15.0. The molecule has 2 saturated carbocycles. The van der Waals surface area contributed by atoms with Crippen LogP contribution in [0.25, 0.3) is 0 Å². The topological polar surface area (TPSA) is 38.0 Å². The van der Waals surface area contributed by atoms with Gasteiger partial charge in [0.2, 0.25) is 0 Å². The Balaban J connectivity index is 1.90. The predicted octanol–water partition coefficient (Wildman–Crippen LogP) is 2.43. The van der Waals surface area contributed by atoms with Crippen LogP contribution in [-0.4, -0.2) is 18.1 Å². The van der Waals surface area contributed by atoms with Crippen LogP contribution in [0.1, 0.15) is 58.3 Å². The summed E-state index contributed by atoms with van der Waals surface area (Å²) < 4.78 is 0. The summed E-state index contributed by atoms with van der Waals surface area (Å²) in [6.07, 6.45) is 10.9. The lowest BCUT2D eigenvalue weighted by Crippen LogP contribution is -2.53. The van der Waals surface area contributed by atoms with Gasteiger partial charge in [-0.15, -0.1) is 0 Å². The fourth-order valence-electron chi connectivity index (χ4n) is 3.46. The lowest BCUT2D eigenvalue weighted by molar-refractivity contribution is 0.286. The number of rotatable bonds is 4. The lowest BCUT2D eigenvalue weighted by atomic mass is 9.93. The number of nitrogens with one attached hydrogen (secondary N) is 1. The Kier molecular flexibility index (Phi) is 3.68. The van der Waals surface area contributed by atoms with E-state index in [-0.39, 0.29) is 0 Å². The van der Waals surface area contributed by atoms with E-state index in [2.05, 4.69) is 12.2 Å². The van der Waals surface area contributed by atoms with Crippen molar-refractivity contribution in [2.45, 2.75) is 69.9 Å². The zero-order chi connectivity index (χ0) is 10.7. The molecule has 2 heteroatoms. The van der Waals surface area contributed by atoms with Gasteiger partial charge in [-0.05, 0) is 38.0 Å². The maximum atomic E-state index is 6.00. The number of nitrogens with two attached hydrogens (primary N) is 1. The number of hydrogen-bond acceptors (Lipinski definition) is 2. The molecule has 3 N–H and O–H groups in total. The first kappa shape index (κ1) is 11.4. The molecule has 0 heterocycles. The molecule has 0 aliphatic heterocycles. The first-order valence-electron chi connectivity index (χ1n) is 6.76. The fourth-order valence-corrected chi connectivity index (χ4v) is 3.46. The molecule has 0 aromatic heterocycles. The molecule has 2 atom stereocenters. The quantitative estimate of drug-likeness (QED) is 0.748. The Morgan fingerprint density at radius 3 is 2.53 bits per heavy atom. The van der Waals surface area contributed by atoms with Crippen molar-refractivity contribution in [3.05, 3.63) is 0 Å². The Morgan fingerprint density at radius 1 is 1.27 bits per heavy atom. The second-order valence-electron chi connectivity index (χ2n) is 5.63. The SMILES string of the molecule is CCC1CCC(CN)(NC2CCCC2)C1. The summed E-state index contributed by atoms with van der Waals surface area (Å²) in [5.74, 6) is 0.919. The van der Waals surface area contributed by atoms with E-state index in [9.17, 15) is 0 Å². The maximum Gasteiger partial charge on any atom is 0.0309 e. The van der Waals surface area contributed by atoms with Crippen molar-refractivity contribution in [1.29, 1.82) is 0 Å². The molecule has 0 amide bonds. The van der Waals surface area contributed by atoms with Crippen LogP contribution in [-0.2, 0) is 0 Å². The van der Waals surface area contributed by atoms with E-state index in [1.54, 1.807) is 0 Å². The van der Waals surface area contributed by atoms with Gasteiger partial charge < -0.3 is 11.1 Å². The molecule has 15 heavy (non-hydrogen) atoms. The van der Waals surface area contributed by atoms with Crippen LogP contribution in [0, 0.1) is 5.92 Å². The largest absolute Gasteiger partial charge is 0.329 e. The van der Waals surface area contributed by atoms with Crippen molar-refractivity contribution in [2.75, 3.05) is 6.54 Å². The minimum absolute atomic E-state index is 0.301. The summed E-state index contributed by atoms with van der Waals surface area (Å²) in [6.45, 7) is 3.15. The molecule has 0 radical (unpaired) electrons. The van der Waals surface area contributed by atoms with Crippen LogP contribution in [0.5, 0.6) is 0 Å². The Bertz CT molecular complexity index is 199. The summed E-state index contributed by atoms with van der Waals surface area (Å²) in [4.78, 5) is 0. The molecular weight excluding hydrogens is 184 g/mol. The molecule has 2 aliphatic rings. The molecule has 2 nitrogen and oxygen atoms in total. The Hall–Kier alpha value is -0.0800. The van der Waals surface area contributed by atoms with Gasteiger partial charge in [0.1, 0.15) is 0 Å². The van der Waals surface area contributed by atoms with Crippen molar-refractivity contribution in [2.24, 2.45) is 11.7 Å². The van der Waals surface area contributed by atoms with Crippen LogP contribution in [0.3, 0.4) is 0 Å². The average Bonchev–Trinajstić information content (AvgIpc) is 2.88. The van der Waals surface area contributed by atoms with Crippen molar-refractivity contribution in [1.82, 2.24) is 5.32 Å². The smallest absolute Gasteiger partial charge is 0.0309 e. The molecule has 2 rings (SSSR count). The van der Waals surface area contributed by atoms with E-state index in [1.165, 1.54) is 51.4 Å². The summed E-state index contributed by atoms with van der Waals surface area (Å²) in [7, 11) is 0. The van der Waals surface area contributed by atoms with Gasteiger partial charge >= 0.3 is 0 Å². The second kappa shape index (κ2) is 4.84. The average molecular weight is 210 g/mol. The van der Waals surface area contributed by atoms with Gasteiger partial charge in [-0.3, -0.25) is 0 Å². The van der Waals surface area contributed by atoms with Crippen molar-refractivity contribution in [3.8, 4) is 0 Å². The molecule has 0 aromatic rings. The third-order valence-corrected chi connectivity index (χ3v) is 4.54. The van der Waals surface area contributed by atoms with Gasteiger partial charge in [0.25, 0.3) is 0 Å². The van der Waals surface area contributed by atoms with Crippen molar-refractivity contribution in [3.63, 3.8) is 0 Å². The predicted molar refractivity (Wildman–Crippen MR) is 64.8 cm³/mol.